The quantitative estimate of drug-likeness (QED) is 0.466. The molecular formula is C7H7N3S. The third kappa shape index (κ3) is 1.69. The van der Waals surface area contributed by atoms with Crippen LogP contribution in [-0.4, -0.2) is 16.2 Å². The first kappa shape index (κ1) is 8.02. The Labute approximate surface area is 69.5 Å². The standard InChI is InChI=1S/C7H7N3S/c1-5-9-4-6(3-8)7(10-5)11-2/h4H,1-2H3. The van der Waals surface area contributed by atoms with Crippen molar-refractivity contribution in [3.63, 3.8) is 0 Å². The lowest BCUT2D eigenvalue weighted by atomic mass is 10.4. The number of aryl methyl sites for hydroxylation is 1. The summed E-state index contributed by atoms with van der Waals surface area (Å²) >= 11 is 1.46. The molecule has 0 aliphatic heterocycles. The maximum Gasteiger partial charge on any atom is 0.126 e. The van der Waals surface area contributed by atoms with Crippen LogP contribution < -0.4 is 0 Å². The van der Waals surface area contributed by atoms with Gasteiger partial charge in [0, 0.05) is 6.20 Å². The van der Waals surface area contributed by atoms with Crippen molar-refractivity contribution >= 4 is 11.8 Å². The van der Waals surface area contributed by atoms with E-state index in [9.17, 15) is 0 Å². The van der Waals surface area contributed by atoms with Crippen LogP contribution in [-0.2, 0) is 0 Å². The highest BCUT2D eigenvalue weighted by atomic mass is 32.2. The summed E-state index contributed by atoms with van der Waals surface area (Å²) in [5.41, 5.74) is 0.545. The molecule has 0 amide bonds. The Balaban J connectivity index is 3.19. The molecule has 0 unspecified atom stereocenters. The minimum atomic E-state index is 0.545. The van der Waals surface area contributed by atoms with E-state index in [1.807, 2.05) is 12.3 Å². The van der Waals surface area contributed by atoms with E-state index < -0.39 is 0 Å². The molecule has 0 atom stereocenters. The van der Waals surface area contributed by atoms with E-state index in [2.05, 4.69) is 9.97 Å². The number of nitrogens with zero attached hydrogens (tertiary/aromatic N) is 3. The fourth-order valence-corrected chi connectivity index (χ4v) is 1.22. The summed E-state index contributed by atoms with van der Waals surface area (Å²) in [6.07, 6.45) is 3.44. The van der Waals surface area contributed by atoms with Crippen molar-refractivity contribution in [3.8, 4) is 6.07 Å². The van der Waals surface area contributed by atoms with E-state index in [1.165, 1.54) is 11.8 Å². The van der Waals surface area contributed by atoms with Crippen LogP contribution in [0.3, 0.4) is 0 Å². The molecule has 3 nitrogen and oxygen atoms in total. The van der Waals surface area contributed by atoms with Crippen molar-refractivity contribution in [3.05, 3.63) is 17.6 Å². The summed E-state index contributed by atoms with van der Waals surface area (Å²) in [4.78, 5) is 8.00. The lowest BCUT2D eigenvalue weighted by Gasteiger charge is -1.97. The van der Waals surface area contributed by atoms with Gasteiger partial charge in [0.2, 0.25) is 0 Å². The molecule has 0 saturated heterocycles. The van der Waals surface area contributed by atoms with Crippen molar-refractivity contribution in [1.29, 1.82) is 5.26 Å². The van der Waals surface area contributed by atoms with Crippen molar-refractivity contribution in [2.24, 2.45) is 0 Å². The average molecular weight is 165 g/mol. The van der Waals surface area contributed by atoms with Gasteiger partial charge in [-0.1, -0.05) is 0 Å². The predicted octanol–water partition coefficient (Wildman–Crippen LogP) is 1.38. The highest BCUT2D eigenvalue weighted by Crippen LogP contribution is 2.15. The van der Waals surface area contributed by atoms with E-state index in [4.69, 9.17) is 5.26 Å². The van der Waals surface area contributed by atoms with Gasteiger partial charge < -0.3 is 0 Å². The van der Waals surface area contributed by atoms with Crippen molar-refractivity contribution in [2.75, 3.05) is 6.26 Å². The van der Waals surface area contributed by atoms with Crippen molar-refractivity contribution in [1.82, 2.24) is 9.97 Å². The maximum atomic E-state index is 8.60. The molecule has 0 aliphatic rings. The highest BCUT2D eigenvalue weighted by Gasteiger charge is 2.01. The Kier molecular flexibility index (Phi) is 2.44. The molecule has 0 radical (unpaired) electrons. The Morgan fingerprint density at radius 2 is 2.36 bits per heavy atom. The maximum absolute atomic E-state index is 8.60. The average Bonchev–Trinajstić information content (AvgIpc) is 2.04. The Morgan fingerprint density at radius 3 is 2.91 bits per heavy atom. The Bertz CT molecular complexity index is 303. The molecular weight excluding hydrogens is 158 g/mol. The van der Waals surface area contributed by atoms with Gasteiger partial charge in [0.15, 0.2) is 0 Å². The largest absolute Gasteiger partial charge is 0.240 e. The zero-order valence-electron chi connectivity index (χ0n) is 6.33. The number of hydrogen-bond donors (Lipinski definition) is 0. The molecule has 0 fully saturated rings. The first-order valence-corrected chi connectivity index (χ1v) is 4.28. The molecule has 0 spiro atoms. The molecule has 11 heavy (non-hydrogen) atoms. The van der Waals surface area contributed by atoms with Gasteiger partial charge in [0.1, 0.15) is 22.5 Å². The second-order valence-corrected chi connectivity index (χ2v) is 2.75. The first-order valence-electron chi connectivity index (χ1n) is 3.05. The lowest BCUT2D eigenvalue weighted by Crippen LogP contribution is -1.92. The number of nitriles is 1. The molecule has 0 N–H and O–H groups in total. The van der Waals surface area contributed by atoms with Crippen LogP contribution in [0.1, 0.15) is 11.4 Å². The van der Waals surface area contributed by atoms with Crippen LogP contribution in [0.2, 0.25) is 0 Å². The summed E-state index contributed by atoms with van der Waals surface area (Å²) in [5.74, 6) is 0.702. The molecule has 56 valence electrons. The van der Waals surface area contributed by atoms with E-state index >= 15 is 0 Å². The molecule has 0 aliphatic carbocycles. The van der Waals surface area contributed by atoms with Gasteiger partial charge in [-0.05, 0) is 13.2 Å². The second-order valence-electron chi connectivity index (χ2n) is 1.95. The number of rotatable bonds is 1. The number of hydrogen-bond acceptors (Lipinski definition) is 4. The van der Waals surface area contributed by atoms with Gasteiger partial charge in [0.05, 0.1) is 0 Å². The normalized spacial score (nSPS) is 9.18. The summed E-state index contributed by atoms with van der Waals surface area (Å²) in [6.45, 7) is 1.81. The molecule has 1 heterocycles. The van der Waals surface area contributed by atoms with Crippen molar-refractivity contribution < 1.29 is 0 Å². The molecule has 0 bridgehead atoms. The van der Waals surface area contributed by atoms with Crippen LogP contribution in [0.5, 0.6) is 0 Å². The third-order valence-electron chi connectivity index (χ3n) is 1.19. The Morgan fingerprint density at radius 1 is 1.64 bits per heavy atom. The van der Waals surface area contributed by atoms with Gasteiger partial charge in [-0.25, -0.2) is 9.97 Å². The fraction of sp³-hybridized carbons (Fsp3) is 0.286. The van der Waals surface area contributed by atoms with Gasteiger partial charge >= 0.3 is 0 Å². The summed E-state index contributed by atoms with van der Waals surface area (Å²) < 4.78 is 0. The lowest BCUT2D eigenvalue weighted by molar-refractivity contribution is 0.957. The van der Waals surface area contributed by atoms with Gasteiger partial charge in [-0.3, -0.25) is 0 Å². The SMILES string of the molecule is CSc1nc(C)ncc1C#N. The molecule has 0 aromatic carbocycles. The van der Waals surface area contributed by atoms with Gasteiger partial charge in [-0.2, -0.15) is 5.26 Å². The smallest absolute Gasteiger partial charge is 0.126 e. The monoisotopic (exact) mass is 165 g/mol. The Hall–Kier alpha value is -1.08. The van der Waals surface area contributed by atoms with E-state index in [1.54, 1.807) is 13.1 Å². The molecule has 4 heteroatoms. The molecule has 1 aromatic heterocycles. The van der Waals surface area contributed by atoms with Gasteiger partial charge in [-0.15, -0.1) is 11.8 Å². The summed E-state index contributed by atoms with van der Waals surface area (Å²) in [7, 11) is 0. The van der Waals surface area contributed by atoms with Crippen LogP contribution in [0, 0.1) is 18.3 Å². The minimum absolute atomic E-state index is 0.545. The minimum Gasteiger partial charge on any atom is -0.240 e. The third-order valence-corrected chi connectivity index (χ3v) is 1.89. The van der Waals surface area contributed by atoms with E-state index in [0.29, 0.717) is 11.4 Å². The highest BCUT2D eigenvalue weighted by molar-refractivity contribution is 7.98. The topological polar surface area (TPSA) is 49.6 Å². The second kappa shape index (κ2) is 3.35. The predicted molar refractivity (Wildman–Crippen MR) is 43.3 cm³/mol. The van der Waals surface area contributed by atoms with Crippen LogP contribution in [0.15, 0.2) is 11.2 Å². The van der Waals surface area contributed by atoms with Crippen LogP contribution in [0.25, 0.3) is 0 Å². The summed E-state index contributed by atoms with van der Waals surface area (Å²) in [6, 6.07) is 2.03. The van der Waals surface area contributed by atoms with E-state index in [-0.39, 0.29) is 0 Å². The number of aromatic nitrogens is 2. The fourth-order valence-electron chi connectivity index (χ4n) is 0.682. The van der Waals surface area contributed by atoms with E-state index in [0.717, 1.165) is 5.03 Å². The molecule has 0 saturated carbocycles. The first-order chi connectivity index (χ1) is 5.27. The van der Waals surface area contributed by atoms with Crippen LogP contribution in [0.4, 0.5) is 0 Å². The zero-order chi connectivity index (χ0) is 8.27. The van der Waals surface area contributed by atoms with Crippen LogP contribution >= 0.6 is 11.8 Å². The van der Waals surface area contributed by atoms with Crippen molar-refractivity contribution in [2.45, 2.75) is 11.9 Å². The summed E-state index contributed by atoms with van der Waals surface area (Å²) in [5, 5.41) is 9.35. The number of thioether (sulfide) groups is 1. The molecule has 1 rings (SSSR count). The van der Waals surface area contributed by atoms with Gasteiger partial charge in [0.25, 0.3) is 0 Å². The molecule has 1 aromatic rings. The zero-order valence-corrected chi connectivity index (χ0v) is 7.14.